The van der Waals surface area contributed by atoms with E-state index in [1.54, 1.807) is 19.9 Å². The molecule has 1 aromatic rings. The number of nitro groups is 1. The third kappa shape index (κ3) is 4.15. The number of nitro benzene ring substituents is 1. The van der Waals surface area contributed by atoms with Crippen molar-refractivity contribution in [2.45, 2.75) is 26.3 Å². The maximum absolute atomic E-state index is 11.5. The van der Waals surface area contributed by atoms with Gasteiger partial charge in [-0.15, -0.1) is 0 Å². The number of aryl methyl sites for hydroxylation is 1. The Morgan fingerprint density at radius 3 is 2.67 bits per heavy atom. The molecular formula is C13H18BrN3O4. The molecule has 0 aromatic heterocycles. The second kappa shape index (κ2) is 6.86. The summed E-state index contributed by atoms with van der Waals surface area (Å²) < 4.78 is 6.12. The maximum Gasteiger partial charge on any atom is 0.312 e. The summed E-state index contributed by atoms with van der Waals surface area (Å²) in [4.78, 5) is 22.1. The molecule has 7 nitrogen and oxygen atoms in total. The van der Waals surface area contributed by atoms with Crippen molar-refractivity contribution < 1.29 is 14.5 Å². The zero-order valence-electron chi connectivity index (χ0n) is 12.1. The number of hydrogen-bond donors (Lipinski definition) is 2. The Morgan fingerprint density at radius 2 is 2.19 bits per heavy atom. The molecule has 21 heavy (non-hydrogen) atoms. The number of carbonyl (C=O) groups excluding carboxylic acids is 1. The van der Waals surface area contributed by atoms with Crippen molar-refractivity contribution in [1.82, 2.24) is 5.32 Å². The monoisotopic (exact) mass is 359 g/mol. The van der Waals surface area contributed by atoms with Crippen molar-refractivity contribution >= 4 is 27.5 Å². The maximum atomic E-state index is 11.5. The predicted molar refractivity (Wildman–Crippen MR) is 82.3 cm³/mol. The Morgan fingerprint density at radius 1 is 1.57 bits per heavy atom. The van der Waals surface area contributed by atoms with Crippen LogP contribution in [0.3, 0.4) is 0 Å². The molecule has 0 spiro atoms. The summed E-state index contributed by atoms with van der Waals surface area (Å²) in [5, 5.41) is 14.0. The van der Waals surface area contributed by atoms with Crippen molar-refractivity contribution in [1.29, 1.82) is 0 Å². The van der Waals surface area contributed by atoms with E-state index in [9.17, 15) is 14.9 Å². The molecule has 0 aliphatic carbocycles. The third-order valence-corrected chi connectivity index (χ3v) is 3.49. The first kappa shape index (κ1) is 17.4. The standard InChI is InChI=1S/C13H18BrN3O4/c1-4-16-13(3,12(15)18)7-21-11-8(2)5-9(14)6-10(11)17(19)20/h5-6,16H,4,7H2,1-3H3,(H2,15,18). The quantitative estimate of drug-likeness (QED) is 0.570. The number of hydrogen-bond acceptors (Lipinski definition) is 5. The van der Waals surface area contributed by atoms with Gasteiger partial charge in [0.1, 0.15) is 12.1 Å². The zero-order chi connectivity index (χ0) is 16.2. The van der Waals surface area contributed by atoms with Gasteiger partial charge in [0.05, 0.1) is 4.92 Å². The Balaban J connectivity index is 3.08. The van der Waals surface area contributed by atoms with Crippen molar-refractivity contribution in [3.05, 3.63) is 32.3 Å². The van der Waals surface area contributed by atoms with Crippen LogP contribution in [-0.2, 0) is 4.79 Å². The van der Waals surface area contributed by atoms with E-state index in [0.717, 1.165) is 0 Å². The average molecular weight is 360 g/mol. The van der Waals surface area contributed by atoms with Gasteiger partial charge in [0.2, 0.25) is 5.91 Å². The fourth-order valence-corrected chi connectivity index (χ4v) is 2.41. The number of ether oxygens (including phenoxy) is 1. The molecule has 0 aliphatic rings. The van der Waals surface area contributed by atoms with Gasteiger partial charge in [-0.2, -0.15) is 0 Å². The fraction of sp³-hybridized carbons (Fsp3) is 0.462. The van der Waals surface area contributed by atoms with Crippen LogP contribution in [0.15, 0.2) is 16.6 Å². The number of likely N-dealkylation sites (N-methyl/N-ethyl adjacent to an activating group) is 1. The van der Waals surface area contributed by atoms with Gasteiger partial charge in [-0.1, -0.05) is 22.9 Å². The number of rotatable bonds is 7. The molecule has 116 valence electrons. The zero-order valence-corrected chi connectivity index (χ0v) is 13.7. The summed E-state index contributed by atoms with van der Waals surface area (Å²) in [7, 11) is 0. The highest BCUT2D eigenvalue weighted by Gasteiger charge is 2.32. The lowest BCUT2D eigenvalue weighted by molar-refractivity contribution is -0.386. The molecule has 0 aliphatic heterocycles. The van der Waals surface area contributed by atoms with Crippen LogP contribution in [0.1, 0.15) is 19.4 Å². The smallest absolute Gasteiger partial charge is 0.312 e. The van der Waals surface area contributed by atoms with Gasteiger partial charge >= 0.3 is 5.69 Å². The highest BCUT2D eigenvalue weighted by molar-refractivity contribution is 9.10. The number of primary amides is 1. The van der Waals surface area contributed by atoms with Crippen LogP contribution in [0.5, 0.6) is 5.75 Å². The molecule has 0 radical (unpaired) electrons. The molecule has 8 heteroatoms. The van der Waals surface area contributed by atoms with Crippen LogP contribution >= 0.6 is 15.9 Å². The Hall–Kier alpha value is -1.67. The first-order valence-electron chi connectivity index (χ1n) is 6.33. The van der Waals surface area contributed by atoms with E-state index in [1.807, 2.05) is 6.92 Å². The number of nitrogens with two attached hydrogens (primary N) is 1. The summed E-state index contributed by atoms with van der Waals surface area (Å²) in [5.41, 5.74) is 4.70. The molecule has 1 atom stereocenters. The molecule has 1 aromatic carbocycles. The van der Waals surface area contributed by atoms with Crippen LogP contribution in [0.4, 0.5) is 5.69 Å². The Bertz CT molecular complexity index is 565. The summed E-state index contributed by atoms with van der Waals surface area (Å²) in [6.07, 6.45) is 0. The summed E-state index contributed by atoms with van der Waals surface area (Å²) in [6.45, 7) is 5.54. The lowest BCUT2D eigenvalue weighted by Gasteiger charge is -2.27. The van der Waals surface area contributed by atoms with E-state index in [4.69, 9.17) is 10.5 Å². The fourth-order valence-electron chi connectivity index (χ4n) is 1.85. The highest BCUT2D eigenvalue weighted by atomic mass is 79.9. The van der Waals surface area contributed by atoms with Crippen LogP contribution in [-0.4, -0.2) is 29.5 Å². The van der Waals surface area contributed by atoms with E-state index in [0.29, 0.717) is 16.6 Å². The molecule has 0 heterocycles. The molecule has 0 saturated heterocycles. The van der Waals surface area contributed by atoms with Crippen LogP contribution < -0.4 is 15.8 Å². The second-order valence-corrected chi connectivity index (χ2v) is 5.76. The highest BCUT2D eigenvalue weighted by Crippen LogP contribution is 2.34. The van der Waals surface area contributed by atoms with Gasteiger partial charge in [-0.25, -0.2) is 0 Å². The number of nitrogens with one attached hydrogen (secondary N) is 1. The van der Waals surface area contributed by atoms with Crippen molar-refractivity contribution in [3.8, 4) is 5.75 Å². The van der Waals surface area contributed by atoms with E-state index >= 15 is 0 Å². The summed E-state index contributed by atoms with van der Waals surface area (Å²) >= 11 is 3.21. The van der Waals surface area contributed by atoms with E-state index in [1.165, 1.54) is 6.07 Å². The third-order valence-electron chi connectivity index (χ3n) is 3.03. The van der Waals surface area contributed by atoms with Gasteiger partial charge in [0.25, 0.3) is 0 Å². The van der Waals surface area contributed by atoms with Crippen molar-refractivity contribution in [3.63, 3.8) is 0 Å². The van der Waals surface area contributed by atoms with Crippen molar-refractivity contribution in [2.24, 2.45) is 5.73 Å². The number of halogens is 1. The first-order valence-corrected chi connectivity index (χ1v) is 7.13. The van der Waals surface area contributed by atoms with Crippen molar-refractivity contribution in [2.75, 3.05) is 13.2 Å². The lowest BCUT2D eigenvalue weighted by Crippen LogP contribution is -2.57. The van der Waals surface area contributed by atoms with Crippen LogP contribution in [0.2, 0.25) is 0 Å². The average Bonchev–Trinajstić information content (AvgIpc) is 2.36. The van der Waals surface area contributed by atoms with Gasteiger partial charge < -0.3 is 15.8 Å². The van der Waals surface area contributed by atoms with E-state index < -0.39 is 16.4 Å². The number of nitrogens with zero attached hydrogens (tertiary/aromatic N) is 1. The minimum Gasteiger partial charge on any atom is -0.484 e. The molecule has 1 unspecified atom stereocenters. The Labute approximate surface area is 131 Å². The van der Waals surface area contributed by atoms with E-state index in [2.05, 4.69) is 21.2 Å². The molecule has 0 saturated carbocycles. The largest absolute Gasteiger partial charge is 0.484 e. The minimum absolute atomic E-state index is 0.0977. The van der Waals surface area contributed by atoms with Gasteiger partial charge in [-0.05, 0) is 32.0 Å². The molecular weight excluding hydrogens is 342 g/mol. The van der Waals surface area contributed by atoms with E-state index in [-0.39, 0.29) is 18.0 Å². The molecule has 3 N–H and O–H groups in total. The normalized spacial score (nSPS) is 13.5. The lowest BCUT2D eigenvalue weighted by atomic mass is 10.0. The van der Waals surface area contributed by atoms with Gasteiger partial charge in [-0.3, -0.25) is 14.9 Å². The van der Waals surface area contributed by atoms with Gasteiger partial charge in [0, 0.05) is 10.5 Å². The van der Waals surface area contributed by atoms with Crippen LogP contribution in [0, 0.1) is 17.0 Å². The molecule has 1 amide bonds. The minimum atomic E-state index is -1.10. The van der Waals surface area contributed by atoms with Gasteiger partial charge in [0.15, 0.2) is 5.75 Å². The topological polar surface area (TPSA) is 107 Å². The summed E-state index contributed by atoms with van der Waals surface area (Å²) in [5.74, 6) is -0.449. The number of amides is 1. The molecule has 1 rings (SSSR count). The summed E-state index contributed by atoms with van der Waals surface area (Å²) in [6, 6.07) is 3.06. The molecule has 0 bridgehead atoms. The molecule has 0 fully saturated rings. The second-order valence-electron chi connectivity index (χ2n) is 4.84. The Kier molecular flexibility index (Phi) is 5.68. The predicted octanol–water partition coefficient (Wildman–Crippen LogP) is 1.90. The van der Waals surface area contributed by atoms with Crippen LogP contribution in [0.25, 0.3) is 0 Å². The number of carbonyl (C=O) groups is 1. The first-order chi connectivity index (χ1) is 9.71. The SMILES string of the molecule is CCNC(C)(COc1c(C)cc(Br)cc1[N+](=O)[O-])C(N)=O. The number of benzene rings is 1.